The van der Waals surface area contributed by atoms with E-state index in [0.717, 1.165) is 44.1 Å². The summed E-state index contributed by atoms with van der Waals surface area (Å²) < 4.78 is 1.95. The number of rotatable bonds is 7. The second-order valence-electron chi connectivity index (χ2n) is 9.07. The van der Waals surface area contributed by atoms with Crippen LogP contribution in [0.5, 0.6) is 0 Å². The van der Waals surface area contributed by atoms with Gasteiger partial charge in [0.15, 0.2) is 5.96 Å². The number of anilines is 1. The van der Waals surface area contributed by atoms with Crippen LogP contribution >= 0.6 is 0 Å². The van der Waals surface area contributed by atoms with Crippen LogP contribution < -0.4 is 15.5 Å². The summed E-state index contributed by atoms with van der Waals surface area (Å²) in [6.07, 6.45) is 2.06. The molecule has 4 rings (SSSR count). The van der Waals surface area contributed by atoms with Gasteiger partial charge in [0.25, 0.3) is 0 Å². The van der Waals surface area contributed by atoms with Crippen LogP contribution in [0.4, 0.5) is 5.69 Å². The second kappa shape index (κ2) is 10.1. The zero-order chi connectivity index (χ0) is 23.4. The van der Waals surface area contributed by atoms with Gasteiger partial charge in [0, 0.05) is 51.2 Å². The van der Waals surface area contributed by atoms with Crippen LogP contribution in [0.1, 0.15) is 40.6 Å². The van der Waals surface area contributed by atoms with Crippen molar-refractivity contribution in [1.82, 2.24) is 20.4 Å². The molecule has 3 aromatic rings. The predicted octanol–water partition coefficient (Wildman–Crippen LogP) is 3.90. The Morgan fingerprint density at radius 3 is 2.52 bits per heavy atom. The van der Waals surface area contributed by atoms with Crippen molar-refractivity contribution in [3.8, 4) is 0 Å². The third-order valence-corrected chi connectivity index (χ3v) is 6.62. The number of aromatic nitrogens is 2. The first-order valence-electron chi connectivity index (χ1n) is 11.8. The molecule has 174 valence electrons. The molecule has 2 aromatic carbocycles. The normalized spacial score (nSPS) is 14.3. The summed E-state index contributed by atoms with van der Waals surface area (Å²) in [5.41, 5.74) is 9.06. The highest BCUT2D eigenvalue weighted by molar-refractivity contribution is 5.79. The Labute approximate surface area is 197 Å². The first-order valence-corrected chi connectivity index (χ1v) is 11.8. The fourth-order valence-corrected chi connectivity index (χ4v) is 4.64. The molecule has 6 heteroatoms. The Hall–Kier alpha value is -3.28. The van der Waals surface area contributed by atoms with Gasteiger partial charge in [0.1, 0.15) is 0 Å². The Kier molecular flexibility index (Phi) is 7.02. The van der Waals surface area contributed by atoms with Gasteiger partial charge in [-0.25, -0.2) is 0 Å². The van der Waals surface area contributed by atoms with Crippen LogP contribution in [0.2, 0.25) is 0 Å². The molecule has 6 nitrogen and oxygen atoms in total. The summed E-state index contributed by atoms with van der Waals surface area (Å²) in [6, 6.07) is 17.9. The predicted molar refractivity (Wildman–Crippen MR) is 137 cm³/mol. The molecular formula is C27H36N6. The summed E-state index contributed by atoms with van der Waals surface area (Å²) in [5.74, 6) is 0.819. The number of hydrogen-bond donors (Lipinski definition) is 2. The maximum Gasteiger partial charge on any atom is 0.191 e. The zero-order valence-electron chi connectivity index (χ0n) is 20.5. The van der Waals surface area contributed by atoms with E-state index in [2.05, 4.69) is 94.9 Å². The number of fused-ring (bicyclic) bond motifs is 1. The van der Waals surface area contributed by atoms with Crippen molar-refractivity contribution in [2.45, 2.75) is 52.7 Å². The number of guanidine groups is 1. The Bertz CT molecular complexity index is 1110. The lowest BCUT2D eigenvalue weighted by molar-refractivity contribution is 0.635. The van der Waals surface area contributed by atoms with E-state index in [9.17, 15) is 0 Å². The Balaban J connectivity index is 1.28. The first kappa shape index (κ1) is 22.9. The Morgan fingerprint density at radius 1 is 1.09 bits per heavy atom. The van der Waals surface area contributed by atoms with Gasteiger partial charge in [0.05, 0.1) is 5.69 Å². The molecule has 0 bridgehead atoms. The number of aryl methyl sites for hydroxylation is 2. The molecule has 0 amide bonds. The minimum absolute atomic E-state index is 0.253. The quantitative estimate of drug-likeness (QED) is 0.429. The lowest BCUT2D eigenvalue weighted by atomic mass is 10.1. The van der Waals surface area contributed by atoms with Gasteiger partial charge < -0.3 is 15.5 Å². The molecule has 0 fully saturated rings. The van der Waals surface area contributed by atoms with Gasteiger partial charge >= 0.3 is 0 Å². The van der Waals surface area contributed by atoms with E-state index in [1.807, 2.05) is 18.8 Å². The number of benzene rings is 2. The summed E-state index contributed by atoms with van der Waals surface area (Å²) in [5, 5.41) is 11.5. The number of aliphatic imine (C=N–C) groups is 1. The van der Waals surface area contributed by atoms with Crippen molar-refractivity contribution < 1.29 is 0 Å². The standard InChI is InChI=1S/C27H36N6/c1-19(16-25-20(2)31-32(5)21(25)3)30-27(28-4)29-17-22-10-12-23(13-11-22)18-33-15-14-24-8-6-7-9-26(24)33/h6-13,19H,14-18H2,1-5H3,(H2,28,29,30). The Morgan fingerprint density at radius 2 is 1.82 bits per heavy atom. The van der Waals surface area contributed by atoms with E-state index >= 15 is 0 Å². The highest BCUT2D eigenvalue weighted by Gasteiger charge is 2.18. The molecule has 1 aliphatic heterocycles. The van der Waals surface area contributed by atoms with Gasteiger partial charge in [-0.05, 0) is 61.9 Å². The highest BCUT2D eigenvalue weighted by Crippen LogP contribution is 2.28. The topological polar surface area (TPSA) is 57.5 Å². The molecule has 1 aromatic heterocycles. The van der Waals surface area contributed by atoms with Crippen LogP contribution in [-0.4, -0.2) is 35.4 Å². The molecule has 0 spiro atoms. The highest BCUT2D eigenvalue weighted by atomic mass is 15.3. The fourth-order valence-electron chi connectivity index (χ4n) is 4.64. The summed E-state index contributed by atoms with van der Waals surface area (Å²) in [7, 11) is 3.82. The van der Waals surface area contributed by atoms with Crippen molar-refractivity contribution in [2.24, 2.45) is 12.0 Å². The molecule has 1 unspecified atom stereocenters. The molecule has 2 N–H and O–H groups in total. The second-order valence-corrected chi connectivity index (χ2v) is 9.07. The lowest BCUT2D eigenvalue weighted by Crippen LogP contribution is -2.42. The third kappa shape index (κ3) is 5.38. The van der Waals surface area contributed by atoms with E-state index in [4.69, 9.17) is 0 Å². The molecule has 0 radical (unpaired) electrons. The average Bonchev–Trinajstić information content (AvgIpc) is 3.33. The molecule has 0 saturated carbocycles. The van der Waals surface area contributed by atoms with Crippen LogP contribution in [-0.2, 0) is 33.0 Å². The van der Waals surface area contributed by atoms with E-state index in [0.29, 0.717) is 0 Å². The van der Waals surface area contributed by atoms with Gasteiger partial charge in [-0.2, -0.15) is 5.10 Å². The van der Waals surface area contributed by atoms with Crippen molar-refractivity contribution in [2.75, 3.05) is 18.5 Å². The van der Waals surface area contributed by atoms with E-state index in [-0.39, 0.29) is 6.04 Å². The lowest BCUT2D eigenvalue weighted by Gasteiger charge is -2.20. The van der Waals surface area contributed by atoms with Crippen molar-refractivity contribution in [1.29, 1.82) is 0 Å². The molecule has 1 atom stereocenters. The van der Waals surface area contributed by atoms with Gasteiger partial charge in [-0.3, -0.25) is 9.67 Å². The van der Waals surface area contributed by atoms with Crippen LogP contribution in [0.3, 0.4) is 0 Å². The minimum Gasteiger partial charge on any atom is -0.367 e. The zero-order valence-corrected chi connectivity index (χ0v) is 20.5. The fraction of sp³-hybridized carbons (Fsp3) is 0.407. The summed E-state index contributed by atoms with van der Waals surface area (Å²) in [6.45, 7) is 9.18. The minimum atomic E-state index is 0.253. The van der Waals surface area contributed by atoms with Gasteiger partial charge in [-0.15, -0.1) is 0 Å². The number of hydrogen-bond acceptors (Lipinski definition) is 3. The number of nitrogens with one attached hydrogen (secondary N) is 2. The molecule has 2 heterocycles. The molecule has 0 saturated heterocycles. The third-order valence-electron chi connectivity index (χ3n) is 6.62. The smallest absolute Gasteiger partial charge is 0.191 e. The average molecular weight is 445 g/mol. The number of para-hydroxylation sites is 1. The van der Waals surface area contributed by atoms with Crippen LogP contribution in [0, 0.1) is 13.8 Å². The van der Waals surface area contributed by atoms with Crippen LogP contribution in [0.15, 0.2) is 53.5 Å². The van der Waals surface area contributed by atoms with Gasteiger partial charge in [-0.1, -0.05) is 42.5 Å². The summed E-state index contributed by atoms with van der Waals surface area (Å²) in [4.78, 5) is 6.88. The van der Waals surface area contributed by atoms with E-state index in [1.54, 1.807) is 0 Å². The molecule has 0 aliphatic carbocycles. The largest absolute Gasteiger partial charge is 0.367 e. The van der Waals surface area contributed by atoms with Crippen LogP contribution in [0.25, 0.3) is 0 Å². The van der Waals surface area contributed by atoms with Gasteiger partial charge in [0.2, 0.25) is 0 Å². The monoisotopic (exact) mass is 444 g/mol. The van der Waals surface area contributed by atoms with Crippen molar-refractivity contribution >= 4 is 11.6 Å². The molecule has 1 aliphatic rings. The molecule has 33 heavy (non-hydrogen) atoms. The van der Waals surface area contributed by atoms with E-state index in [1.165, 1.54) is 33.6 Å². The molecular weight excluding hydrogens is 408 g/mol. The van der Waals surface area contributed by atoms with E-state index < -0.39 is 0 Å². The summed E-state index contributed by atoms with van der Waals surface area (Å²) >= 11 is 0. The number of nitrogens with zero attached hydrogens (tertiary/aromatic N) is 4. The van der Waals surface area contributed by atoms with Crippen molar-refractivity contribution in [3.05, 3.63) is 82.2 Å². The maximum atomic E-state index is 4.53. The maximum absolute atomic E-state index is 4.53. The van der Waals surface area contributed by atoms with Crippen molar-refractivity contribution in [3.63, 3.8) is 0 Å². The SMILES string of the molecule is CN=C(NCc1ccc(CN2CCc3ccccc32)cc1)NC(C)Cc1c(C)nn(C)c1C. The first-order chi connectivity index (χ1) is 15.9.